The van der Waals surface area contributed by atoms with Gasteiger partial charge < -0.3 is 4.90 Å². The molecule has 2 aromatic heterocycles. The summed E-state index contributed by atoms with van der Waals surface area (Å²) >= 11 is 0. The van der Waals surface area contributed by atoms with Crippen molar-refractivity contribution < 1.29 is 18.0 Å². The molecule has 5 nitrogen and oxygen atoms in total. The number of aromatic nitrogens is 3. The van der Waals surface area contributed by atoms with Gasteiger partial charge in [-0.15, -0.1) is 0 Å². The molecular weight excluding hydrogens is 357 g/mol. The number of nitrogens with zero attached hydrogens (tertiary/aromatic N) is 4. The highest BCUT2D eigenvalue weighted by molar-refractivity contribution is 5.95. The molecule has 0 fully saturated rings. The molecule has 0 saturated carbocycles. The summed E-state index contributed by atoms with van der Waals surface area (Å²) in [5.74, 6) is -0.0141. The largest absolute Gasteiger partial charge is 0.417 e. The molecule has 3 aromatic rings. The predicted octanol–water partition coefficient (Wildman–Crippen LogP) is 3.87. The third-order valence-corrected chi connectivity index (χ3v) is 4.14. The van der Waals surface area contributed by atoms with Crippen LogP contribution < -0.4 is 0 Å². The highest BCUT2D eigenvalue weighted by Gasteiger charge is 2.31. The predicted molar refractivity (Wildman–Crippen MR) is 93.3 cm³/mol. The Morgan fingerprint density at radius 3 is 2.41 bits per heavy atom. The van der Waals surface area contributed by atoms with E-state index in [1.165, 1.54) is 16.9 Å². The molecule has 0 aliphatic heterocycles. The Hall–Kier alpha value is -3.16. The molecule has 1 aromatic carbocycles. The van der Waals surface area contributed by atoms with Crippen molar-refractivity contribution in [2.24, 2.45) is 0 Å². The van der Waals surface area contributed by atoms with E-state index < -0.39 is 11.7 Å². The van der Waals surface area contributed by atoms with Crippen molar-refractivity contribution in [1.82, 2.24) is 19.7 Å². The molecule has 3 rings (SSSR count). The SMILES string of the molecule is Cc1c(C(=O)N(C)Cc2ccccc2)cnn1-c1ccc(C(F)(F)F)cn1. The topological polar surface area (TPSA) is 51.0 Å². The summed E-state index contributed by atoms with van der Waals surface area (Å²) in [4.78, 5) is 18.1. The highest BCUT2D eigenvalue weighted by atomic mass is 19.4. The summed E-state index contributed by atoms with van der Waals surface area (Å²) in [6.07, 6.45) is -2.30. The first-order valence-corrected chi connectivity index (χ1v) is 8.15. The minimum absolute atomic E-state index is 0.213. The molecule has 27 heavy (non-hydrogen) atoms. The Morgan fingerprint density at radius 2 is 1.81 bits per heavy atom. The fourth-order valence-corrected chi connectivity index (χ4v) is 2.66. The number of alkyl halides is 3. The lowest BCUT2D eigenvalue weighted by molar-refractivity contribution is -0.137. The van der Waals surface area contributed by atoms with Gasteiger partial charge in [0.1, 0.15) is 0 Å². The summed E-state index contributed by atoms with van der Waals surface area (Å²) < 4.78 is 39.4. The van der Waals surface area contributed by atoms with Gasteiger partial charge >= 0.3 is 6.18 Å². The van der Waals surface area contributed by atoms with Gasteiger partial charge in [0.15, 0.2) is 5.82 Å². The Kier molecular flexibility index (Phi) is 4.98. The highest BCUT2D eigenvalue weighted by Crippen LogP contribution is 2.28. The maximum atomic E-state index is 12.7. The number of halogens is 3. The molecule has 0 aliphatic carbocycles. The van der Waals surface area contributed by atoms with Crippen LogP contribution in [-0.2, 0) is 12.7 Å². The lowest BCUT2D eigenvalue weighted by Gasteiger charge is -2.17. The lowest BCUT2D eigenvalue weighted by atomic mass is 10.2. The zero-order valence-electron chi connectivity index (χ0n) is 14.7. The lowest BCUT2D eigenvalue weighted by Crippen LogP contribution is -2.26. The fourth-order valence-electron chi connectivity index (χ4n) is 2.66. The fraction of sp³-hybridized carbons (Fsp3) is 0.211. The van der Waals surface area contributed by atoms with Gasteiger partial charge in [-0.2, -0.15) is 18.3 Å². The van der Waals surface area contributed by atoms with Gasteiger partial charge in [0, 0.05) is 19.8 Å². The van der Waals surface area contributed by atoms with Crippen molar-refractivity contribution in [1.29, 1.82) is 0 Å². The van der Waals surface area contributed by atoms with Crippen molar-refractivity contribution in [3.05, 3.63) is 77.2 Å². The summed E-state index contributed by atoms with van der Waals surface area (Å²) in [5.41, 5.74) is 1.03. The van der Waals surface area contributed by atoms with E-state index >= 15 is 0 Å². The minimum atomic E-state index is -4.45. The standard InChI is InChI=1S/C19H17F3N4O/c1-13-16(18(27)25(2)12-14-6-4-3-5-7-14)11-24-26(13)17-9-8-15(10-23-17)19(20,21)22/h3-11H,12H2,1-2H3. The van der Waals surface area contributed by atoms with Crippen molar-refractivity contribution in [2.45, 2.75) is 19.6 Å². The van der Waals surface area contributed by atoms with Crippen LogP contribution in [-0.4, -0.2) is 32.6 Å². The number of hydrogen-bond acceptors (Lipinski definition) is 3. The van der Waals surface area contributed by atoms with E-state index in [9.17, 15) is 18.0 Å². The van der Waals surface area contributed by atoms with Crippen molar-refractivity contribution in [2.75, 3.05) is 7.05 Å². The van der Waals surface area contributed by atoms with Gasteiger partial charge in [-0.25, -0.2) is 9.67 Å². The average molecular weight is 374 g/mol. The molecule has 140 valence electrons. The Morgan fingerprint density at radius 1 is 1.11 bits per heavy atom. The summed E-state index contributed by atoms with van der Waals surface area (Å²) in [6, 6.07) is 11.7. The van der Waals surface area contributed by atoms with E-state index in [1.807, 2.05) is 30.3 Å². The Balaban J connectivity index is 1.81. The summed E-state index contributed by atoms with van der Waals surface area (Å²) in [5, 5.41) is 4.11. The first kappa shape index (κ1) is 18.6. The van der Waals surface area contributed by atoms with Crippen molar-refractivity contribution in [3.8, 4) is 5.82 Å². The van der Waals surface area contributed by atoms with Crippen LogP contribution >= 0.6 is 0 Å². The van der Waals surface area contributed by atoms with Crippen LogP contribution in [0.15, 0.2) is 54.9 Å². The molecular formula is C19H17F3N4O. The van der Waals surface area contributed by atoms with Gasteiger partial charge in [-0.05, 0) is 24.6 Å². The quantitative estimate of drug-likeness (QED) is 0.697. The maximum absolute atomic E-state index is 12.7. The van der Waals surface area contributed by atoms with Crippen LogP contribution in [0.5, 0.6) is 0 Å². The van der Waals surface area contributed by atoms with Crippen LogP contribution in [0.4, 0.5) is 13.2 Å². The third kappa shape index (κ3) is 3.99. The number of hydrogen-bond donors (Lipinski definition) is 0. The van der Waals surface area contributed by atoms with E-state index in [2.05, 4.69) is 10.1 Å². The van der Waals surface area contributed by atoms with Crippen molar-refractivity contribution in [3.63, 3.8) is 0 Å². The van der Waals surface area contributed by atoms with Crippen LogP contribution in [0.1, 0.15) is 27.2 Å². The summed E-state index contributed by atoms with van der Waals surface area (Å²) in [6.45, 7) is 2.11. The molecule has 0 N–H and O–H groups in total. The Labute approximate surface area is 154 Å². The number of carbonyl (C=O) groups is 1. The first-order valence-electron chi connectivity index (χ1n) is 8.15. The van der Waals surface area contributed by atoms with Crippen LogP contribution in [0.3, 0.4) is 0 Å². The number of benzene rings is 1. The van der Waals surface area contributed by atoms with Crippen LogP contribution in [0.25, 0.3) is 5.82 Å². The zero-order valence-corrected chi connectivity index (χ0v) is 14.7. The van der Waals surface area contributed by atoms with E-state index in [0.29, 0.717) is 17.8 Å². The molecule has 8 heteroatoms. The number of carbonyl (C=O) groups excluding carboxylic acids is 1. The minimum Gasteiger partial charge on any atom is -0.337 e. The van der Waals surface area contributed by atoms with E-state index in [4.69, 9.17) is 0 Å². The zero-order chi connectivity index (χ0) is 19.6. The molecule has 0 bridgehead atoms. The molecule has 1 amide bonds. The smallest absolute Gasteiger partial charge is 0.337 e. The normalized spacial score (nSPS) is 11.4. The number of pyridine rings is 1. The number of rotatable bonds is 4. The van der Waals surface area contributed by atoms with Gasteiger partial charge in [0.05, 0.1) is 23.0 Å². The number of amides is 1. The van der Waals surface area contributed by atoms with Crippen LogP contribution in [0.2, 0.25) is 0 Å². The second-order valence-electron chi connectivity index (χ2n) is 6.11. The first-order chi connectivity index (χ1) is 12.8. The molecule has 0 atom stereocenters. The van der Waals surface area contributed by atoms with E-state index in [1.54, 1.807) is 18.9 Å². The summed E-state index contributed by atoms with van der Waals surface area (Å²) in [7, 11) is 1.68. The van der Waals surface area contributed by atoms with Gasteiger partial charge in [-0.3, -0.25) is 4.79 Å². The molecule has 0 radical (unpaired) electrons. The van der Waals surface area contributed by atoms with Crippen LogP contribution in [0, 0.1) is 6.92 Å². The Bertz CT molecular complexity index is 934. The molecule has 0 saturated heterocycles. The maximum Gasteiger partial charge on any atom is 0.417 e. The molecule has 2 heterocycles. The van der Waals surface area contributed by atoms with Gasteiger partial charge in [0.25, 0.3) is 5.91 Å². The van der Waals surface area contributed by atoms with Gasteiger partial charge in [-0.1, -0.05) is 30.3 Å². The van der Waals surface area contributed by atoms with E-state index in [-0.39, 0.29) is 11.7 Å². The van der Waals surface area contributed by atoms with Gasteiger partial charge in [0.2, 0.25) is 0 Å². The van der Waals surface area contributed by atoms with E-state index in [0.717, 1.165) is 17.8 Å². The second kappa shape index (κ2) is 7.22. The van der Waals surface area contributed by atoms with Crippen molar-refractivity contribution >= 4 is 5.91 Å². The molecule has 0 aliphatic rings. The third-order valence-electron chi connectivity index (χ3n) is 4.14. The average Bonchev–Trinajstić information content (AvgIpc) is 3.02. The monoisotopic (exact) mass is 374 g/mol. The second-order valence-corrected chi connectivity index (χ2v) is 6.11. The molecule has 0 spiro atoms. The molecule has 0 unspecified atom stereocenters.